The van der Waals surface area contributed by atoms with E-state index in [0.717, 1.165) is 13.0 Å². The lowest BCUT2D eigenvalue weighted by Gasteiger charge is -2.10. The quantitative estimate of drug-likeness (QED) is 0.678. The zero-order valence-electron chi connectivity index (χ0n) is 8.67. The maximum absolute atomic E-state index is 11.1. The van der Waals surface area contributed by atoms with Crippen molar-refractivity contribution < 1.29 is 4.79 Å². The Hall–Kier alpha value is -0.220. The molecule has 78 valence electrons. The molecule has 0 bridgehead atoms. The summed E-state index contributed by atoms with van der Waals surface area (Å²) in [5.41, 5.74) is 5.49. The molecule has 0 heterocycles. The van der Waals surface area contributed by atoms with E-state index >= 15 is 0 Å². The van der Waals surface area contributed by atoms with E-state index in [9.17, 15) is 4.79 Å². The van der Waals surface area contributed by atoms with Gasteiger partial charge in [0.1, 0.15) is 0 Å². The summed E-state index contributed by atoms with van der Waals surface area (Å²) in [6.45, 7) is 4.75. The molecule has 0 saturated carbocycles. The summed E-state index contributed by atoms with van der Waals surface area (Å²) in [5, 5.41) is 3.45. The first kappa shape index (κ1) is 12.8. The van der Waals surface area contributed by atoms with Crippen LogP contribution in [0, 0.1) is 0 Å². The molecule has 0 aliphatic carbocycles. The molecule has 4 heteroatoms. The number of rotatable bonds is 6. The van der Waals surface area contributed by atoms with Crippen molar-refractivity contribution in [1.82, 2.24) is 5.32 Å². The topological polar surface area (TPSA) is 55.1 Å². The van der Waals surface area contributed by atoms with Gasteiger partial charge in [-0.3, -0.25) is 4.79 Å². The molecule has 0 fully saturated rings. The van der Waals surface area contributed by atoms with E-state index < -0.39 is 0 Å². The number of carbonyl (C=O) groups is 1. The zero-order chi connectivity index (χ0) is 10.3. The molecule has 0 spiro atoms. The van der Waals surface area contributed by atoms with Crippen molar-refractivity contribution in [3.05, 3.63) is 0 Å². The van der Waals surface area contributed by atoms with Crippen molar-refractivity contribution in [2.24, 2.45) is 5.73 Å². The van der Waals surface area contributed by atoms with Gasteiger partial charge in [-0.25, -0.2) is 0 Å². The highest BCUT2D eigenvalue weighted by molar-refractivity contribution is 7.99. The minimum absolute atomic E-state index is 0.0435. The third-order valence-electron chi connectivity index (χ3n) is 1.78. The second-order valence-electron chi connectivity index (χ2n) is 3.37. The minimum Gasteiger partial charge on any atom is -0.356 e. The van der Waals surface area contributed by atoms with Gasteiger partial charge in [0, 0.05) is 24.3 Å². The highest BCUT2D eigenvalue weighted by Crippen LogP contribution is 2.07. The third kappa shape index (κ3) is 8.12. The normalized spacial score (nSPS) is 15.1. The van der Waals surface area contributed by atoms with E-state index in [-0.39, 0.29) is 11.9 Å². The molecular weight excluding hydrogens is 184 g/mol. The first-order valence-corrected chi connectivity index (χ1v) is 5.90. The Bertz CT molecular complexity index is 151. The van der Waals surface area contributed by atoms with Gasteiger partial charge in [0.15, 0.2) is 0 Å². The van der Waals surface area contributed by atoms with Gasteiger partial charge in [-0.2, -0.15) is 11.8 Å². The number of thioether (sulfide) groups is 1. The molecule has 13 heavy (non-hydrogen) atoms. The molecule has 3 nitrogen and oxygen atoms in total. The van der Waals surface area contributed by atoms with Gasteiger partial charge < -0.3 is 11.1 Å². The van der Waals surface area contributed by atoms with Crippen LogP contribution < -0.4 is 11.1 Å². The van der Waals surface area contributed by atoms with Crippen LogP contribution in [0.2, 0.25) is 0 Å². The maximum atomic E-state index is 11.1. The van der Waals surface area contributed by atoms with E-state index in [4.69, 9.17) is 5.73 Å². The van der Waals surface area contributed by atoms with Crippen molar-refractivity contribution in [1.29, 1.82) is 0 Å². The number of hydrogen-bond acceptors (Lipinski definition) is 3. The average molecular weight is 204 g/mol. The van der Waals surface area contributed by atoms with E-state index in [1.165, 1.54) is 0 Å². The van der Waals surface area contributed by atoms with Crippen LogP contribution in [0.4, 0.5) is 0 Å². The van der Waals surface area contributed by atoms with Crippen LogP contribution in [0.15, 0.2) is 0 Å². The average Bonchev–Trinajstić information content (AvgIpc) is 2.02. The first-order valence-electron chi connectivity index (χ1n) is 4.61. The molecular formula is C9H20N2OS. The summed E-state index contributed by atoms with van der Waals surface area (Å²) in [5.74, 6) is 0.0586. The highest BCUT2D eigenvalue weighted by atomic mass is 32.2. The van der Waals surface area contributed by atoms with Crippen molar-refractivity contribution in [2.75, 3.05) is 12.8 Å². The van der Waals surface area contributed by atoms with Crippen molar-refractivity contribution >= 4 is 17.7 Å². The lowest BCUT2D eigenvalue weighted by molar-refractivity contribution is -0.121. The highest BCUT2D eigenvalue weighted by Gasteiger charge is 2.04. The Balaban J connectivity index is 3.37. The minimum atomic E-state index is -0.0435. The van der Waals surface area contributed by atoms with E-state index in [1.807, 2.05) is 18.7 Å². The molecule has 0 saturated heterocycles. The Labute approximate surface area is 84.8 Å². The van der Waals surface area contributed by atoms with E-state index in [2.05, 4.69) is 18.5 Å². The SMILES string of the molecule is CSC(C)CCNC(=O)CC(C)N. The molecule has 0 aromatic carbocycles. The summed E-state index contributed by atoms with van der Waals surface area (Å²) in [7, 11) is 0. The second kappa shape index (κ2) is 7.21. The first-order chi connectivity index (χ1) is 6.06. The van der Waals surface area contributed by atoms with Gasteiger partial charge >= 0.3 is 0 Å². The van der Waals surface area contributed by atoms with Gasteiger partial charge in [0.05, 0.1) is 0 Å². The van der Waals surface area contributed by atoms with Crippen molar-refractivity contribution in [3.63, 3.8) is 0 Å². The van der Waals surface area contributed by atoms with Gasteiger partial charge in [-0.15, -0.1) is 0 Å². The maximum Gasteiger partial charge on any atom is 0.221 e. The number of nitrogens with two attached hydrogens (primary N) is 1. The largest absolute Gasteiger partial charge is 0.356 e. The van der Waals surface area contributed by atoms with Crippen LogP contribution in [0.25, 0.3) is 0 Å². The van der Waals surface area contributed by atoms with Crippen LogP contribution in [0.5, 0.6) is 0 Å². The molecule has 0 aromatic heterocycles. The van der Waals surface area contributed by atoms with Gasteiger partial charge in [-0.1, -0.05) is 6.92 Å². The fourth-order valence-corrected chi connectivity index (χ4v) is 1.25. The number of hydrogen-bond donors (Lipinski definition) is 2. The standard InChI is InChI=1S/C9H20N2OS/c1-7(10)6-9(12)11-5-4-8(2)13-3/h7-8H,4-6,10H2,1-3H3,(H,11,12). The number of carbonyl (C=O) groups excluding carboxylic acids is 1. The smallest absolute Gasteiger partial charge is 0.221 e. The zero-order valence-corrected chi connectivity index (χ0v) is 9.49. The molecule has 0 aromatic rings. The van der Waals surface area contributed by atoms with Crippen LogP contribution in [-0.2, 0) is 4.79 Å². The Kier molecular flexibility index (Phi) is 7.09. The molecule has 1 amide bonds. The van der Waals surface area contributed by atoms with Crippen molar-refractivity contribution in [2.45, 2.75) is 38.0 Å². The van der Waals surface area contributed by atoms with Crippen LogP contribution in [0.3, 0.4) is 0 Å². The molecule has 0 rings (SSSR count). The molecule has 3 N–H and O–H groups in total. The number of amides is 1. The monoisotopic (exact) mass is 204 g/mol. The van der Waals surface area contributed by atoms with Gasteiger partial charge in [0.2, 0.25) is 5.91 Å². The Morgan fingerprint density at radius 2 is 2.15 bits per heavy atom. The summed E-state index contributed by atoms with van der Waals surface area (Å²) in [4.78, 5) is 11.1. The predicted molar refractivity (Wildman–Crippen MR) is 58.9 cm³/mol. The number of nitrogens with one attached hydrogen (secondary N) is 1. The fraction of sp³-hybridized carbons (Fsp3) is 0.889. The fourth-order valence-electron chi connectivity index (χ4n) is 0.897. The summed E-state index contributed by atoms with van der Waals surface area (Å²) in [6, 6.07) is -0.0435. The van der Waals surface area contributed by atoms with Gasteiger partial charge in [-0.05, 0) is 19.6 Å². The molecule has 0 radical (unpaired) electrons. The second-order valence-corrected chi connectivity index (χ2v) is 4.64. The van der Waals surface area contributed by atoms with Crippen LogP contribution >= 0.6 is 11.8 Å². The molecule has 2 atom stereocenters. The lowest BCUT2D eigenvalue weighted by Crippen LogP contribution is -2.31. The Morgan fingerprint density at radius 3 is 2.62 bits per heavy atom. The van der Waals surface area contributed by atoms with Crippen LogP contribution in [0.1, 0.15) is 26.7 Å². The summed E-state index contributed by atoms with van der Waals surface area (Å²) >= 11 is 1.81. The van der Waals surface area contributed by atoms with E-state index in [0.29, 0.717) is 11.7 Å². The summed E-state index contributed by atoms with van der Waals surface area (Å²) < 4.78 is 0. The van der Waals surface area contributed by atoms with Crippen LogP contribution in [-0.4, -0.2) is 30.0 Å². The molecule has 2 unspecified atom stereocenters. The third-order valence-corrected chi connectivity index (χ3v) is 2.82. The lowest BCUT2D eigenvalue weighted by atomic mass is 10.2. The predicted octanol–water partition coefficient (Wildman–Crippen LogP) is 0.981. The Morgan fingerprint density at radius 1 is 1.54 bits per heavy atom. The molecule has 0 aliphatic heterocycles. The van der Waals surface area contributed by atoms with E-state index in [1.54, 1.807) is 0 Å². The van der Waals surface area contributed by atoms with Gasteiger partial charge in [0.25, 0.3) is 0 Å². The van der Waals surface area contributed by atoms with Crippen molar-refractivity contribution in [3.8, 4) is 0 Å². The molecule has 0 aliphatic rings. The summed E-state index contributed by atoms with van der Waals surface area (Å²) in [6.07, 6.45) is 3.52.